The molecule has 0 bridgehead atoms. The topological polar surface area (TPSA) is 92.6 Å². The van der Waals surface area contributed by atoms with Crippen molar-refractivity contribution in [1.29, 1.82) is 0 Å². The van der Waals surface area contributed by atoms with Gasteiger partial charge in [0.2, 0.25) is 0 Å². The van der Waals surface area contributed by atoms with E-state index in [0.29, 0.717) is 17.5 Å². The molecule has 0 fully saturated rings. The van der Waals surface area contributed by atoms with Gasteiger partial charge < -0.3 is 25.2 Å². The summed E-state index contributed by atoms with van der Waals surface area (Å²) in [5.74, 6) is 0.0730. The lowest BCUT2D eigenvalue weighted by molar-refractivity contribution is 0.223. The SMILES string of the molecule is OCN(CO)c1ccc2c(Cc3nc4ccccc4s3)[nH]c(O)c2c1. The standard InChI is InChI=1S/C18H17N3O3S/c22-9-21(10-23)11-5-6-12-13(7-11)18(24)20-15(12)8-17-19-14-3-1-2-4-16(14)25-17/h1-7,20,22-24H,8-10H2. The maximum absolute atomic E-state index is 10.2. The number of hydrogen-bond donors (Lipinski definition) is 4. The molecular formula is C18H17N3O3S. The second-order valence-corrected chi connectivity index (χ2v) is 6.87. The first-order valence-electron chi connectivity index (χ1n) is 7.84. The van der Waals surface area contributed by atoms with E-state index >= 15 is 0 Å². The number of aliphatic hydroxyl groups is 2. The van der Waals surface area contributed by atoms with Crippen LogP contribution in [0.1, 0.15) is 10.7 Å². The van der Waals surface area contributed by atoms with Gasteiger partial charge in [-0.15, -0.1) is 11.3 Å². The number of aliphatic hydroxyl groups excluding tert-OH is 2. The fourth-order valence-electron chi connectivity index (χ4n) is 2.96. The number of H-pyrrole nitrogens is 1. The Morgan fingerprint density at radius 1 is 1.04 bits per heavy atom. The van der Waals surface area contributed by atoms with Crippen molar-refractivity contribution >= 4 is 38.0 Å². The second-order valence-electron chi connectivity index (χ2n) is 5.76. The van der Waals surface area contributed by atoms with Crippen LogP contribution in [0, 0.1) is 0 Å². The van der Waals surface area contributed by atoms with Crippen molar-refractivity contribution < 1.29 is 15.3 Å². The predicted molar refractivity (Wildman–Crippen MR) is 99.0 cm³/mol. The van der Waals surface area contributed by atoms with Gasteiger partial charge >= 0.3 is 0 Å². The van der Waals surface area contributed by atoms with E-state index in [1.165, 1.54) is 4.90 Å². The summed E-state index contributed by atoms with van der Waals surface area (Å²) in [5.41, 5.74) is 2.50. The first-order valence-corrected chi connectivity index (χ1v) is 8.66. The predicted octanol–water partition coefficient (Wildman–Crippen LogP) is 2.78. The molecule has 0 unspecified atom stereocenters. The highest BCUT2D eigenvalue weighted by atomic mass is 32.1. The van der Waals surface area contributed by atoms with Crippen molar-refractivity contribution in [1.82, 2.24) is 9.97 Å². The number of aromatic nitrogens is 2. The lowest BCUT2D eigenvalue weighted by Crippen LogP contribution is -2.24. The van der Waals surface area contributed by atoms with E-state index in [0.717, 1.165) is 26.3 Å². The van der Waals surface area contributed by atoms with Crippen LogP contribution < -0.4 is 4.90 Å². The van der Waals surface area contributed by atoms with Crippen LogP contribution in [0.3, 0.4) is 0 Å². The van der Waals surface area contributed by atoms with Crippen LogP contribution in [0.25, 0.3) is 21.0 Å². The van der Waals surface area contributed by atoms with E-state index in [4.69, 9.17) is 0 Å². The molecule has 4 rings (SSSR count). The Balaban J connectivity index is 1.72. The highest BCUT2D eigenvalue weighted by molar-refractivity contribution is 7.18. The first kappa shape index (κ1) is 15.9. The van der Waals surface area contributed by atoms with Crippen LogP contribution in [0.5, 0.6) is 5.88 Å². The molecule has 0 spiro atoms. The highest BCUT2D eigenvalue weighted by Crippen LogP contribution is 2.33. The summed E-state index contributed by atoms with van der Waals surface area (Å²) < 4.78 is 1.14. The number of fused-ring (bicyclic) bond motifs is 2. The highest BCUT2D eigenvalue weighted by Gasteiger charge is 2.14. The number of para-hydroxylation sites is 1. The number of anilines is 1. The van der Waals surface area contributed by atoms with E-state index < -0.39 is 0 Å². The molecule has 4 N–H and O–H groups in total. The molecule has 4 aromatic rings. The van der Waals surface area contributed by atoms with Gasteiger partial charge in [0.05, 0.1) is 15.2 Å². The van der Waals surface area contributed by atoms with Crippen molar-refractivity contribution in [3.8, 4) is 5.88 Å². The zero-order chi connectivity index (χ0) is 17.4. The van der Waals surface area contributed by atoms with Crippen molar-refractivity contribution in [3.05, 3.63) is 53.2 Å². The maximum atomic E-state index is 10.2. The minimum absolute atomic E-state index is 0.0730. The van der Waals surface area contributed by atoms with Crippen LogP contribution >= 0.6 is 11.3 Å². The molecule has 0 aliphatic carbocycles. The van der Waals surface area contributed by atoms with Gasteiger partial charge in [0.1, 0.15) is 13.5 Å². The summed E-state index contributed by atoms with van der Waals surface area (Å²) in [6, 6.07) is 13.4. The number of benzene rings is 2. The van der Waals surface area contributed by atoms with Gasteiger partial charge in [0.15, 0.2) is 5.88 Å². The summed E-state index contributed by atoms with van der Waals surface area (Å²) in [5, 5.41) is 31.3. The van der Waals surface area contributed by atoms with Gasteiger partial charge in [-0.3, -0.25) is 0 Å². The molecule has 0 saturated carbocycles. The molecule has 6 nitrogen and oxygen atoms in total. The third-order valence-electron chi connectivity index (χ3n) is 4.23. The fraction of sp³-hybridized carbons (Fsp3) is 0.167. The smallest absolute Gasteiger partial charge is 0.196 e. The molecule has 0 aliphatic heterocycles. The molecule has 0 atom stereocenters. The number of thiazole rings is 1. The van der Waals surface area contributed by atoms with Gasteiger partial charge in [0, 0.05) is 28.6 Å². The summed E-state index contributed by atoms with van der Waals surface area (Å²) in [4.78, 5) is 9.05. The molecule has 0 radical (unpaired) electrons. The van der Waals surface area contributed by atoms with E-state index in [2.05, 4.69) is 9.97 Å². The molecular weight excluding hydrogens is 338 g/mol. The minimum Gasteiger partial charge on any atom is -0.494 e. The Morgan fingerprint density at radius 2 is 1.84 bits per heavy atom. The molecule has 25 heavy (non-hydrogen) atoms. The second kappa shape index (κ2) is 6.36. The van der Waals surface area contributed by atoms with Gasteiger partial charge in [-0.25, -0.2) is 4.98 Å². The molecule has 0 saturated heterocycles. The summed E-state index contributed by atoms with van der Waals surface area (Å²) in [6.45, 7) is -0.600. The van der Waals surface area contributed by atoms with Gasteiger partial charge in [-0.1, -0.05) is 18.2 Å². The summed E-state index contributed by atoms with van der Waals surface area (Å²) >= 11 is 1.64. The monoisotopic (exact) mass is 355 g/mol. The van der Waals surface area contributed by atoms with Crippen LogP contribution in [0.2, 0.25) is 0 Å². The Hall–Kier alpha value is -2.61. The molecule has 7 heteroatoms. The Morgan fingerprint density at radius 3 is 2.60 bits per heavy atom. The van der Waals surface area contributed by atoms with Crippen molar-refractivity contribution in [3.63, 3.8) is 0 Å². The fourth-order valence-corrected chi connectivity index (χ4v) is 3.94. The van der Waals surface area contributed by atoms with Crippen molar-refractivity contribution in [2.45, 2.75) is 6.42 Å². The van der Waals surface area contributed by atoms with Crippen LogP contribution in [-0.4, -0.2) is 38.7 Å². The van der Waals surface area contributed by atoms with E-state index in [9.17, 15) is 15.3 Å². The van der Waals surface area contributed by atoms with Gasteiger partial charge in [-0.05, 0) is 24.3 Å². The molecule has 0 aliphatic rings. The van der Waals surface area contributed by atoms with Crippen LogP contribution in [0.4, 0.5) is 5.69 Å². The number of nitrogens with zero attached hydrogens (tertiary/aromatic N) is 2. The van der Waals surface area contributed by atoms with Crippen LogP contribution in [-0.2, 0) is 6.42 Å². The molecule has 0 amide bonds. The molecule has 128 valence electrons. The minimum atomic E-state index is -0.300. The van der Waals surface area contributed by atoms with E-state index in [1.54, 1.807) is 17.4 Å². The number of hydrogen-bond acceptors (Lipinski definition) is 6. The Bertz CT molecular complexity index is 1000. The Kier molecular flexibility index (Phi) is 4.04. The molecule has 2 aromatic heterocycles. The third kappa shape index (κ3) is 2.82. The third-order valence-corrected chi connectivity index (χ3v) is 5.26. The molecule has 2 heterocycles. The van der Waals surface area contributed by atoms with Crippen LogP contribution in [0.15, 0.2) is 42.5 Å². The summed E-state index contributed by atoms with van der Waals surface area (Å²) in [6.07, 6.45) is 0.597. The van der Waals surface area contributed by atoms with Gasteiger partial charge in [-0.2, -0.15) is 0 Å². The average molecular weight is 355 g/mol. The van der Waals surface area contributed by atoms with Crippen molar-refractivity contribution in [2.75, 3.05) is 18.4 Å². The number of aromatic hydroxyl groups is 1. The van der Waals surface area contributed by atoms with Crippen molar-refractivity contribution in [2.24, 2.45) is 0 Å². The number of aromatic amines is 1. The van der Waals surface area contributed by atoms with E-state index in [1.807, 2.05) is 36.4 Å². The lowest BCUT2D eigenvalue weighted by Gasteiger charge is -2.18. The summed E-state index contributed by atoms with van der Waals surface area (Å²) in [7, 11) is 0. The number of nitrogens with one attached hydrogen (secondary N) is 1. The van der Waals surface area contributed by atoms with E-state index in [-0.39, 0.29) is 19.3 Å². The average Bonchev–Trinajstić information content (AvgIpc) is 3.17. The number of rotatable bonds is 5. The zero-order valence-electron chi connectivity index (χ0n) is 13.3. The largest absolute Gasteiger partial charge is 0.494 e. The maximum Gasteiger partial charge on any atom is 0.196 e. The normalized spacial score (nSPS) is 11.4. The zero-order valence-corrected chi connectivity index (χ0v) is 14.1. The van der Waals surface area contributed by atoms with Gasteiger partial charge in [0.25, 0.3) is 0 Å². The quantitative estimate of drug-likeness (QED) is 0.413. The molecule has 2 aromatic carbocycles. The lowest BCUT2D eigenvalue weighted by atomic mass is 10.1. The first-order chi connectivity index (χ1) is 12.2. The Labute approximate surface area is 147 Å².